The number of nitrogens with two attached hydrogens (primary N) is 1. The first-order valence-electron chi connectivity index (χ1n) is 6.28. The fourth-order valence-corrected chi connectivity index (χ4v) is 3.47. The van der Waals surface area contributed by atoms with Gasteiger partial charge in [0.25, 0.3) is 5.91 Å². The molecule has 1 aromatic heterocycles. The van der Waals surface area contributed by atoms with E-state index in [2.05, 4.69) is 35.0 Å². The molecule has 0 fully saturated rings. The summed E-state index contributed by atoms with van der Waals surface area (Å²) in [7, 11) is 1.82. The lowest BCUT2D eigenvalue weighted by Crippen LogP contribution is -2.29. The van der Waals surface area contributed by atoms with Gasteiger partial charge < -0.3 is 10.6 Å². The third kappa shape index (κ3) is 3.22. The zero-order valence-corrected chi connectivity index (χ0v) is 14.1. The van der Waals surface area contributed by atoms with Crippen LogP contribution >= 0.6 is 27.3 Å². The van der Waals surface area contributed by atoms with Gasteiger partial charge in [0.15, 0.2) is 0 Å². The number of hydrogen-bond donors (Lipinski definition) is 1. The van der Waals surface area contributed by atoms with Gasteiger partial charge >= 0.3 is 0 Å². The van der Waals surface area contributed by atoms with Gasteiger partial charge in [-0.1, -0.05) is 15.9 Å². The van der Waals surface area contributed by atoms with Gasteiger partial charge in [-0.15, -0.1) is 11.3 Å². The van der Waals surface area contributed by atoms with Gasteiger partial charge in [0, 0.05) is 32.5 Å². The third-order valence-corrected chi connectivity index (χ3v) is 4.87. The molecule has 106 valence electrons. The number of hydrogen-bond acceptors (Lipinski definition) is 3. The molecule has 1 atom stereocenters. The van der Waals surface area contributed by atoms with Crippen LogP contribution in [-0.4, -0.2) is 17.9 Å². The van der Waals surface area contributed by atoms with Gasteiger partial charge in [-0.05, 0) is 44.2 Å². The molecule has 20 heavy (non-hydrogen) atoms. The number of rotatable bonds is 3. The molecule has 0 aliphatic rings. The van der Waals surface area contributed by atoms with Crippen LogP contribution in [0.15, 0.2) is 34.8 Å². The van der Waals surface area contributed by atoms with Crippen molar-refractivity contribution in [3.05, 3.63) is 50.1 Å². The predicted molar refractivity (Wildman–Crippen MR) is 88.1 cm³/mol. The molecule has 2 N–H and O–H groups in total. The molecule has 0 saturated heterocycles. The quantitative estimate of drug-likeness (QED) is 0.840. The van der Waals surface area contributed by atoms with E-state index in [4.69, 9.17) is 5.73 Å². The van der Waals surface area contributed by atoms with Crippen molar-refractivity contribution in [1.82, 2.24) is 4.90 Å². The first-order valence-corrected chi connectivity index (χ1v) is 7.89. The summed E-state index contributed by atoms with van der Waals surface area (Å²) in [5.41, 5.74) is 6.97. The molecule has 3 nitrogen and oxygen atoms in total. The molecule has 1 aromatic carbocycles. The van der Waals surface area contributed by atoms with Crippen molar-refractivity contribution in [2.24, 2.45) is 0 Å². The second-order valence-corrected chi connectivity index (χ2v) is 7.05. The van der Waals surface area contributed by atoms with E-state index in [-0.39, 0.29) is 11.9 Å². The molecule has 2 rings (SSSR count). The van der Waals surface area contributed by atoms with Gasteiger partial charge in [-0.3, -0.25) is 4.79 Å². The van der Waals surface area contributed by atoms with E-state index < -0.39 is 0 Å². The molecule has 0 radical (unpaired) electrons. The SMILES string of the molecule is Cc1ccc(C(C)N(C)C(=O)c2cc(N)cc(Br)c2)s1. The molecule has 0 aliphatic heterocycles. The Morgan fingerprint density at radius 3 is 2.60 bits per heavy atom. The molecule has 1 unspecified atom stereocenters. The Morgan fingerprint density at radius 2 is 2.05 bits per heavy atom. The smallest absolute Gasteiger partial charge is 0.254 e. The number of anilines is 1. The highest BCUT2D eigenvalue weighted by atomic mass is 79.9. The van der Waals surface area contributed by atoms with E-state index in [9.17, 15) is 4.79 Å². The van der Waals surface area contributed by atoms with Crippen molar-refractivity contribution in [2.75, 3.05) is 12.8 Å². The van der Waals surface area contributed by atoms with Gasteiger partial charge in [0.05, 0.1) is 6.04 Å². The lowest BCUT2D eigenvalue weighted by atomic mass is 10.1. The maximum Gasteiger partial charge on any atom is 0.254 e. The van der Waals surface area contributed by atoms with Gasteiger partial charge in [-0.2, -0.15) is 0 Å². The van der Waals surface area contributed by atoms with E-state index in [1.54, 1.807) is 34.4 Å². The van der Waals surface area contributed by atoms with Crippen LogP contribution in [0, 0.1) is 6.92 Å². The third-order valence-electron chi connectivity index (χ3n) is 3.24. The topological polar surface area (TPSA) is 46.3 Å². The Balaban J connectivity index is 2.23. The van der Waals surface area contributed by atoms with Crippen LogP contribution in [0.1, 0.15) is 33.1 Å². The number of thiophene rings is 1. The Hall–Kier alpha value is -1.33. The Morgan fingerprint density at radius 1 is 1.35 bits per heavy atom. The minimum Gasteiger partial charge on any atom is -0.399 e. The normalized spacial score (nSPS) is 12.2. The molecule has 0 spiro atoms. The van der Waals surface area contributed by atoms with Crippen LogP contribution in [0.3, 0.4) is 0 Å². The van der Waals surface area contributed by atoms with Crippen molar-refractivity contribution in [3.63, 3.8) is 0 Å². The number of amides is 1. The maximum absolute atomic E-state index is 12.5. The highest BCUT2D eigenvalue weighted by molar-refractivity contribution is 9.10. The van der Waals surface area contributed by atoms with E-state index in [1.807, 2.05) is 14.0 Å². The molecule has 0 saturated carbocycles. The summed E-state index contributed by atoms with van der Waals surface area (Å²) in [5.74, 6) is -0.0310. The summed E-state index contributed by atoms with van der Waals surface area (Å²) in [6.07, 6.45) is 0. The van der Waals surface area contributed by atoms with Crippen molar-refractivity contribution >= 4 is 38.9 Å². The van der Waals surface area contributed by atoms with Crippen LogP contribution in [0.25, 0.3) is 0 Å². The lowest BCUT2D eigenvalue weighted by molar-refractivity contribution is 0.0745. The molecular formula is C15H17BrN2OS. The van der Waals surface area contributed by atoms with Crippen molar-refractivity contribution in [2.45, 2.75) is 19.9 Å². The number of nitrogen functional groups attached to an aromatic ring is 1. The molecule has 1 amide bonds. The van der Waals surface area contributed by atoms with Crippen LogP contribution in [0.2, 0.25) is 0 Å². The summed E-state index contributed by atoms with van der Waals surface area (Å²) in [4.78, 5) is 16.7. The highest BCUT2D eigenvalue weighted by Gasteiger charge is 2.20. The Bertz CT molecular complexity index is 618. The molecule has 0 bridgehead atoms. The summed E-state index contributed by atoms with van der Waals surface area (Å²) in [6, 6.07) is 9.47. The summed E-state index contributed by atoms with van der Waals surface area (Å²) >= 11 is 5.08. The number of aryl methyl sites for hydroxylation is 1. The number of nitrogens with zero attached hydrogens (tertiary/aromatic N) is 1. The first kappa shape index (κ1) is 15.1. The van der Waals surface area contributed by atoms with E-state index >= 15 is 0 Å². The zero-order valence-electron chi connectivity index (χ0n) is 11.7. The van der Waals surface area contributed by atoms with Crippen molar-refractivity contribution in [1.29, 1.82) is 0 Å². The minimum atomic E-state index is -0.0310. The second-order valence-electron chi connectivity index (χ2n) is 4.81. The summed E-state index contributed by atoms with van der Waals surface area (Å²) in [5, 5.41) is 0. The van der Waals surface area contributed by atoms with Crippen LogP contribution in [0.4, 0.5) is 5.69 Å². The molecule has 0 aliphatic carbocycles. The van der Waals surface area contributed by atoms with Crippen molar-refractivity contribution < 1.29 is 4.79 Å². The Kier molecular flexibility index (Phi) is 4.50. The second kappa shape index (κ2) is 5.97. The van der Waals surface area contributed by atoms with Crippen LogP contribution < -0.4 is 5.73 Å². The largest absolute Gasteiger partial charge is 0.399 e. The van der Waals surface area contributed by atoms with Crippen LogP contribution in [0.5, 0.6) is 0 Å². The number of benzene rings is 1. The Labute approximate surface area is 131 Å². The molecule has 5 heteroatoms. The maximum atomic E-state index is 12.5. The first-order chi connectivity index (χ1) is 9.38. The molecule has 2 aromatic rings. The number of carbonyl (C=O) groups excluding carboxylic acids is 1. The average molecular weight is 353 g/mol. The molecular weight excluding hydrogens is 336 g/mol. The fraction of sp³-hybridized carbons (Fsp3) is 0.267. The number of carbonyl (C=O) groups is 1. The zero-order chi connectivity index (χ0) is 14.9. The van der Waals surface area contributed by atoms with Crippen molar-refractivity contribution in [3.8, 4) is 0 Å². The summed E-state index contributed by atoms with van der Waals surface area (Å²) in [6.45, 7) is 4.10. The summed E-state index contributed by atoms with van der Waals surface area (Å²) < 4.78 is 0.814. The van der Waals surface area contributed by atoms with E-state index in [0.29, 0.717) is 11.3 Å². The van der Waals surface area contributed by atoms with Gasteiger partial charge in [0.2, 0.25) is 0 Å². The highest BCUT2D eigenvalue weighted by Crippen LogP contribution is 2.28. The molecule has 1 heterocycles. The van der Waals surface area contributed by atoms with E-state index in [1.165, 1.54) is 9.75 Å². The van der Waals surface area contributed by atoms with E-state index in [0.717, 1.165) is 4.47 Å². The standard InChI is InChI=1S/C15H17BrN2OS/c1-9-4-5-14(20-9)10(2)18(3)15(19)11-6-12(16)8-13(17)7-11/h4-8,10H,17H2,1-3H3. The predicted octanol–water partition coefficient (Wildman–Crippen LogP) is 4.23. The average Bonchev–Trinajstić information content (AvgIpc) is 2.81. The number of halogens is 1. The minimum absolute atomic E-state index is 0.0310. The fourth-order valence-electron chi connectivity index (χ4n) is 1.98. The van der Waals surface area contributed by atoms with Gasteiger partial charge in [-0.25, -0.2) is 0 Å². The van der Waals surface area contributed by atoms with Crippen LogP contribution in [-0.2, 0) is 0 Å². The van der Waals surface area contributed by atoms with Gasteiger partial charge in [0.1, 0.15) is 0 Å². The lowest BCUT2D eigenvalue weighted by Gasteiger charge is -2.24. The monoisotopic (exact) mass is 352 g/mol.